The molecule has 2 rings (SSSR count). The Morgan fingerprint density at radius 1 is 1.40 bits per heavy atom. The van der Waals surface area contributed by atoms with Gasteiger partial charge >= 0.3 is 0 Å². The number of fused-ring (bicyclic) bond motifs is 1. The molecule has 4 N–H and O–H groups in total. The maximum absolute atomic E-state index is 12.1. The molecule has 7 nitrogen and oxygen atoms in total. The molecule has 2 heterocycles. The lowest BCUT2D eigenvalue weighted by Crippen LogP contribution is -2.44. The van der Waals surface area contributed by atoms with Crippen molar-refractivity contribution in [3.05, 3.63) is 17.3 Å². The minimum absolute atomic E-state index is 0.239. The number of hydrogen-bond acceptors (Lipinski definition) is 6. The summed E-state index contributed by atoms with van der Waals surface area (Å²) in [6.45, 7) is 3.94. The Morgan fingerprint density at radius 2 is 2.10 bits per heavy atom. The second-order valence-electron chi connectivity index (χ2n) is 4.14. The van der Waals surface area contributed by atoms with Crippen molar-refractivity contribution in [3.63, 3.8) is 0 Å². The molecule has 2 aromatic heterocycles. The maximum Gasteiger partial charge on any atom is 0.264 e. The number of thiophene rings is 1. The fourth-order valence-corrected chi connectivity index (χ4v) is 2.59. The van der Waals surface area contributed by atoms with Crippen molar-refractivity contribution in [2.75, 3.05) is 12.3 Å². The third kappa shape index (κ3) is 2.69. The minimum atomic E-state index is -0.631. The van der Waals surface area contributed by atoms with Gasteiger partial charge in [-0.15, -0.1) is 11.3 Å². The number of nitrogens with two attached hydrogens (primary N) is 1. The molecular weight excluding hydrogens is 278 g/mol. The van der Waals surface area contributed by atoms with E-state index in [1.165, 1.54) is 12.4 Å². The molecule has 0 fully saturated rings. The molecule has 1 unspecified atom stereocenters. The summed E-state index contributed by atoms with van der Waals surface area (Å²) in [5.74, 6) is -0.636. The van der Waals surface area contributed by atoms with E-state index in [0.717, 1.165) is 11.3 Å². The normalized spacial score (nSPS) is 12.1. The van der Waals surface area contributed by atoms with Crippen LogP contribution in [-0.2, 0) is 4.79 Å². The molecule has 20 heavy (non-hydrogen) atoms. The van der Waals surface area contributed by atoms with Crippen LogP contribution < -0.4 is 16.4 Å². The topological polar surface area (TPSA) is 110 Å². The molecular formula is C12H15N5O2S. The highest BCUT2D eigenvalue weighted by Gasteiger charge is 2.21. The lowest BCUT2D eigenvalue weighted by molar-refractivity contribution is -0.122. The van der Waals surface area contributed by atoms with Gasteiger partial charge in [-0.05, 0) is 13.8 Å². The molecule has 0 aliphatic rings. The molecule has 0 aromatic carbocycles. The summed E-state index contributed by atoms with van der Waals surface area (Å²) in [5.41, 5.74) is 6.70. The van der Waals surface area contributed by atoms with Gasteiger partial charge in [0.15, 0.2) is 0 Å². The van der Waals surface area contributed by atoms with Crippen LogP contribution in [0.2, 0.25) is 0 Å². The fraction of sp³-hybridized carbons (Fsp3) is 0.333. The molecule has 8 heteroatoms. The van der Waals surface area contributed by atoms with E-state index in [-0.39, 0.29) is 5.91 Å². The van der Waals surface area contributed by atoms with Crippen LogP contribution in [0.15, 0.2) is 12.4 Å². The number of nitrogens with one attached hydrogen (secondary N) is 2. The molecule has 0 spiro atoms. The Morgan fingerprint density at radius 3 is 2.75 bits per heavy atom. The van der Waals surface area contributed by atoms with E-state index in [2.05, 4.69) is 20.6 Å². The largest absolute Gasteiger partial charge is 0.396 e. The number of likely N-dealkylation sites (N-methyl/N-ethyl adjacent to an activating group) is 1. The zero-order valence-electron chi connectivity index (χ0n) is 11.1. The number of hydrogen-bond donors (Lipinski definition) is 3. The van der Waals surface area contributed by atoms with Gasteiger partial charge in [-0.3, -0.25) is 9.59 Å². The molecule has 0 aliphatic carbocycles. The van der Waals surface area contributed by atoms with Gasteiger partial charge in [-0.25, -0.2) is 9.97 Å². The van der Waals surface area contributed by atoms with Crippen LogP contribution in [0.25, 0.3) is 10.3 Å². The number of carbonyl (C=O) groups is 2. The van der Waals surface area contributed by atoms with Crippen molar-refractivity contribution in [3.8, 4) is 0 Å². The Kier molecular flexibility index (Phi) is 4.14. The highest BCUT2D eigenvalue weighted by atomic mass is 32.1. The predicted molar refractivity (Wildman–Crippen MR) is 77.4 cm³/mol. The molecule has 0 bridgehead atoms. The van der Waals surface area contributed by atoms with Gasteiger partial charge in [0.1, 0.15) is 21.3 Å². The number of rotatable bonds is 4. The molecule has 0 saturated heterocycles. The van der Waals surface area contributed by atoms with Crippen molar-refractivity contribution in [1.29, 1.82) is 0 Å². The SMILES string of the molecule is CCNC(=O)C(C)NC(=O)c1sc2nccnc2c1N. The number of amides is 2. The zero-order valence-corrected chi connectivity index (χ0v) is 12.0. The Labute approximate surface area is 119 Å². The first kappa shape index (κ1) is 14.2. The highest BCUT2D eigenvalue weighted by molar-refractivity contribution is 7.21. The lowest BCUT2D eigenvalue weighted by atomic mass is 10.3. The molecule has 2 amide bonds. The third-order valence-electron chi connectivity index (χ3n) is 2.66. The van der Waals surface area contributed by atoms with Crippen molar-refractivity contribution in [2.24, 2.45) is 0 Å². The Hall–Kier alpha value is -2.22. The van der Waals surface area contributed by atoms with Gasteiger partial charge in [0, 0.05) is 18.9 Å². The van der Waals surface area contributed by atoms with Gasteiger partial charge in [-0.2, -0.15) is 0 Å². The summed E-state index contributed by atoms with van der Waals surface area (Å²) in [7, 11) is 0. The molecule has 0 radical (unpaired) electrons. The fourth-order valence-electron chi connectivity index (χ4n) is 1.67. The smallest absolute Gasteiger partial charge is 0.264 e. The van der Waals surface area contributed by atoms with E-state index in [1.54, 1.807) is 6.92 Å². The van der Waals surface area contributed by atoms with E-state index < -0.39 is 11.9 Å². The summed E-state index contributed by atoms with van der Waals surface area (Å²) in [5, 5.41) is 5.24. The average Bonchev–Trinajstić information content (AvgIpc) is 2.77. The summed E-state index contributed by atoms with van der Waals surface area (Å²) in [6.07, 6.45) is 3.06. The number of anilines is 1. The zero-order chi connectivity index (χ0) is 14.7. The minimum Gasteiger partial charge on any atom is -0.396 e. The second-order valence-corrected chi connectivity index (χ2v) is 5.14. The average molecular weight is 293 g/mol. The number of carbonyl (C=O) groups excluding carboxylic acids is 2. The molecule has 0 saturated carbocycles. The standard InChI is InChI=1S/C12H15N5O2S/c1-3-14-10(18)6(2)17-11(19)9-7(13)8-12(20-9)16-5-4-15-8/h4-6H,3,13H2,1-2H3,(H,14,18)(H,17,19). The van der Waals surface area contributed by atoms with Crippen LogP contribution >= 0.6 is 11.3 Å². The van der Waals surface area contributed by atoms with Gasteiger partial charge in [-0.1, -0.05) is 0 Å². The van der Waals surface area contributed by atoms with Gasteiger partial charge < -0.3 is 16.4 Å². The first-order chi connectivity index (χ1) is 9.54. The molecule has 1 atom stereocenters. The van der Waals surface area contributed by atoms with E-state index in [4.69, 9.17) is 5.73 Å². The van der Waals surface area contributed by atoms with Crippen LogP contribution in [0.3, 0.4) is 0 Å². The van der Waals surface area contributed by atoms with Gasteiger partial charge in [0.2, 0.25) is 5.91 Å². The quantitative estimate of drug-likeness (QED) is 0.761. The van der Waals surface area contributed by atoms with Crippen molar-refractivity contribution < 1.29 is 9.59 Å². The van der Waals surface area contributed by atoms with Crippen LogP contribution in [0.1, 0.15) is 23.5 Å². The molecule has 0 aliphatic heterocycles. The number of nitrogens with zero attached hydrogens (tertiary/aromatic N) is 2. The molecule has 106 valence electrons. The molecule has 2 aromatic rings. The number of aromatic nitrogens is 2. The monoisotopic (exact) mass is 293 g/mol. The third-order valence-corrected chi connectivity index (χ3v) is 3.76. The van der Waals surface area contributed by atoms with Gasteiger partial charge in [0.05, 0.1) is 5.69 Å². The van der Waals surface area contributed by atoms with Crippen LogP contribution in [0.4, 0.5) is 5.69 Å². The van der Waals surface area contributed by atoms with Crippen LogP contribution in [0, 0.1) is 0 Å². The van der Waals surface area contributed by atoms with Crippen LogP contribution in [0.5, 0.6) is 0 Å². The highest BCUT2D eigenvalue weighted by Crippen LogP contribution is 2.30. The van der Waals surface area contributed by atoms with E-state index in [0.29, 0.717) is 27.5 Å². The van der Waals surface area contributed by atoms with E-state index in [9.17, 15) is 9.59 Å². The first-order valence-electron chi connectivity index (χ1n) is 6.12. The summed E-state index contributed by atoms with van der Waals surface area (Å²) in [4.78, 5) is 32.8. The Balaban J connectivity index is 2.19. The predicted octanol–water partition coefficient (Wildman–Crippen LogP) is 0.528. The van der Waals surface area contributed by atoms with E-state index >= 15 is 0 Å². The van der Waals surface area contributed by atoms with Crippen molar-refractivity contribution >= 4 is 39.2 Å². The van der Waals surface area contributed by atoms with E-state index in [1.807, 2.05) is 6.92 Å². The number of nitrogen functional groups attached to an aromatic ring is 1. The van der Waals surface area contributed by atoms with Crippen molar-refractivity contribution in [2.45, 2.75) is 19.9 Å². The Bertz CT molecular complexity index is 654. The lowest BCUT2D eigenvalue weighted by Gasteiger charge is -2.12. The maximum atomic E-state index is 12.1. The second kappa shape index (κ2) is 5.83. The van der Waals surface area contributed by atoms with Crippen LogP contribution in [-0.4, -0.2) is 34.4 Å². The summed E-state index contributed by atoms with van der Waals surface area (Å²) < 4.78 is 0. The van der Waals surface area contributed by atoms with Gasteiger partial charge in [0.25, 0.3) is 5.91 Å². The van der Waals surface area contributed by atoms with Crippen molar-refractivity contribution in [1.82, 2.24) is 20.6 Å². The first-order valence-corrected chi connectivity index (χ1v) is 6.93. The summed E-state index contributed by atoms with van der Waals surface area (Å²) >= 11 is 1.16. The summed E-state index contributed by atoms with van der Waals surface area (Å²) in [6, 6.07) is -0.631.